The van der Waals surface area contributed by atoms with Crippen molar-refractivity contribution in [3.05, 3.63) is 205 Å². The summed E-state index contributed by atoms with van der Waals surface area (Å²) >= 11 is 0. The lowest BCUT2D eigenvalue weighted by molar-refractivity contribution is -0.285. The van der Waals surface area contributed by atoms with Gasteiger partial charge in [-0.15, -0.1) is 0 Å². The molecule has 1 aliphatic carbocycles. The third kappa shape index (κ3) is 7.62. The predicted octanol–water partition coefficient (Wildman–Crippen LogP) is 10.6. The van der Waals surface area contributed by atoms with Crippen LogP contribution in [0.4, 0.5) is 0 Å². The maximum atomic E-state index is 12.5. The Bertz CT molecular complexity index is 2190. The van der Waals surface area contributed by atoms with Gasteiger partial charge >= 0.3 is 23.9 Å². The lowest BCUT2D eigenvalue weighted by atomic mass is 9.68. The molecule has 0 saturated heterocycles. The van der Waals surface area contributed by atoms with Crippen molar-refractivity contribution in [2.75, 3.05) is 0 Å². The van der Waals surface area contributed by atoms with Crippen LogP contribution >= 0.6 is 0 Å². The van der Waals surface area contributed by atoms with E-state index in [0.717, 1.165) is 45.5 Å². The number of benzene rings is 6. The minimum Gasteiger partial charge on any atom is -0.421 e. The van der Waals surface area contributed by atoms with Gasteiger partial charge in [0, 0.05) is 12.2 Å². The normalized spacial score (nSPS) is 14.3. The van der Waals surface area contributed by atoms with Crippen molar-refractivity contribution in [1.82, 2.24) is 0 Å². The summed E-state index contributed by atoms with van der Waals surface area (Å²) < 4.78 is 36.6. The molecule has 0 saturated carbocycles. The van der Waals surface area contributed by atoms with Crippen molar-refractivity contribution >= 4 is 11.9 Å². The minimum atomic E-state index is -1.76. The summed E-state index contributed by atoms with van der Waals surface area (Å²) in [4.78, 5) is 25.1. The molecule has 7 rings (SSSR count). The Labute approximate surface area is 332 Å². The second-order valence-electron chi connectivity index (χ2n) is 13.2. The molecule has 0 aliphatic heterocycles. The van der Waals surface area contributed by atoms with Crippen LogP contribution in [0.2, 0.25) is 0 Å². The van der Waals surface area contributed by atoms with Crippen molar-refractivity contribution in [3.8, 4) is 34.1 Å². The fourth-order valence-corrected chi connectivity index (χ4v) is 7.21. The molecule has 286 valence electrons. The van der Waals surface area contributed by atoms with Gasteiger partial charge in [-0.25, -0.2) is 9.59 Å². The Morgan fingerprint density at radius 3 is 1.12 bits per heavy atom. The first-order chi connectivity index (χ1) is 27.8. The average molecular weight is 759 g/mol. The Balaban J connectivity index is 1.29. The average Bonchev–Trinajstić information content (AvgIpc) is 3.55. The van der Waals surface area contributed by atoms with E-state index >= 15 is 0 Å². The first-order valence-electron chi connectivity index (χ1n) is 18.7. The van der Waals surface area contributed by atoms with Gasteiger partial charge in [-0.05, 0) is 81.9 Å². The maximum Gasteiger partial charge on any atom is 0.419 e. The van der Waals surface area contributed by atoms with Crippen LogP contribution in [0.25, 0.3) is 11.1 Å². The van der Waals surface area contributed by atoms with Crippen molar-refractivity contribution in [3.63, 3.8) is 0 Å². The molecule has 0 amide bonds. The van der Waals surface area contributed by atoms with Crippen molar-refractivity contribution < 1.29 is 38.0 Å². The molecule has 0 heterocycles. The first-order valence-corrected chi connectivity index (χ1v) is 18.7. The molecule has 2 atom stereocenters. The molecule has 0 aromatic heterocycles. The molecule has 6 aromatic rings. The Morgan fingerprint density at radius 1 is 0.474 bits per heavy atom. The number of esters is 2. The number of hydrogen-bond acceptors (Lipinski definition) is 8. The molecule has 0 spiro atoms. The van der Waals surface area contributed by atoms with Crippen molar-refractivity contribution in [2.45, 2.75) is 44.1 Å². The molecule has 1 aliphatic rings. The van der Waals surface area contributed by atoms with E-state index in [-0.39, 0.29) is 12.8 Å². The van der Waals surface area contributed by atoms with E-state index < -0.39 is 29.3 Å². The zero-order valence-corrected chi connectivity index (χ0v) is 31.8. The first kappa shape index (κ1) is 38.2. The van der Waals surface area contributed by atoms with E-state index in [9.17, 15) is 9.59 Å². The molecule has 0 radical (unpaired) electrons. The van der Waals surface area contributed by atoms with Crippen LogP contribution in [0.1, 0.15) is 48.9 Å². The topological polar surface area (TPSA) is 89.5 Å². The molecule has 6 aromatic carbocycles. The number of carbonyl (C=O) groups is 2. The monoisotopic (exact) mass is 758 g/mol. The summed E-state index contributed by atoms with van der Waals surface area (Å²) in [5.74, 6) is -3.09. The van der Waals surface area contributed by atoms with Gasteiger partial charge in [0.2, 0.25) is 0 Å². The molecule has 8 nitrogen and oxygen atoms in total. The van der Waals surface area contributed by atoms with Gasteiger partial charge in [0.1, 0.15) is 23.0 Å². The predicted molar refractivity (Wildman–Crippen MR) is 218 cm³/mol. The van der Waals surface area contributed by atoms with Gasteiger partial charge in [-0.3, -0.25) is 0 Å². The van der Waals surface area contributed by atoms with Gasteiger partial charge in [-0.1, -0.05) is 136 Å². The van der Waals surface area contributed by atoms with Gasteiger partial charge < -0.3 is 28.4 Å². The molecular weight excluding hydrogens is 717 g/mol. The van der Waals surface area contributed by atoms with Gasteiger partial charge in [0.25, 0.3) is 0 Å². The van der Waals surface area contributed by atoms with Gasteiger partial charge in [0.05, 0.1) is 18.3 Å². The molecule has 57 heavy (non-hydrogen) atoms. The summed E-state index contributed by atoms with van der Waals surface area (Å²) in [6.07, 6.45) is 2.52. The number of rotatable bonds is 16. The fourth-order valence-electron chi connectivity index (χ4n) is 7.21. The van der Waals surface area contributed by atoms with Crippen LogP contribution in [0.15, 0.2) is 183 Å². The van der Waals surface area contributed by atoms with E-state index in [0.29, 0.717) is 23.0 Å². The number of fused-ring (bicyclic) bond motifs is 3. The molecule has 8 heteroatoms. The fraction of sp³-hybridized carbons (Fsp3) is 0.143. The van der Waals surface area contributed by atoms with E-state index in [1.54, 1.807) is 24.3 Å². The van der Waals surface area contributed by atoms with Crippen LogP contribution in [-0.4, -0.2) is 23.9 Å². The third-order valence-corrected chi connectivity index (χ3v) is 9.82. The summed E-state index contributed by atoms with van der Waals surface area (Å²) in [7, 11) is 0. The highest BCUT2D eigenvalue weighted by atomic mass is 16.9. The number of para-hydroxylation sites is 2. The van der Waals surface area contributed by atoms with Crippen LogP contribution < -0.4 is 18.9 Å². The summed E-state index contributed by atoms with van der Waals surface area (Å²) in [6.45, 7) is 10.7. The highest BCUT2D eigenvalue weighted by Gasteiger charge is 2.46. The number of carbonyl (C=O) groups excluding carboxylic acids is 2. The van der Waals surface area contributed by atoms with Gasteiger partial charge in [-0.2, -0.15) is 0 Å². The molecule has 0 bridgehead atoms. The second-order valence-corrected chi connectivity index (χ2v) is 13.2. The van der Waals surface area contributed by atoms with Crippen molar-refractivity contribution in [2.24, 2.45) is 0 Å². The largest absolute Gasteiger partial charge is 0.421 e. The highest BCUT2D eigenvalue weighted by Crippen LogP contribution is 2.56. The zero-order chi connectivity index (χ0) is 39.9. The summed E-state index contributed by atoms with van der Waals surface area (Å²) in [5, 5.41) is 0. The smallest absolute Gasteiger partial charge is 0.419 e. The van der Waals surface area contributed by atoms with E-state index in [4.69, 9.17) is 28.4 Å². The van der Waals surface area contributed by atoms with Gasteiger partial charge in [0.15, 0.2) is 0 Å². The molecule has 0 N–H and O–H groups in total. The van der Waals surface area contributed by atoms with Crippen LogP contribution in [-0.2, 0) is 24.5 Å². The SMILES string of the molecule is C=CC(=O)OC(CC)(Oc1ccccc1)Oc1ccc(C2(c3ccc(OC(CC)(OC(=O)C=C)Oc4ccccc4)cc3)c3ccccc3-c3ccccc32)cc1. The van der Waals surface area contributed by atoms with E-state index in [1.807, 2.05) is 123 Å². The Kier molecular flexibility index (Phi) is 11.0. The standard InChI is InChI=1S/C49H42O8/c1-5-45(50)56-47(7-3,52-37-19-11-9-12-20-37)54-39-31-27-35(28-32-39)49(43-25-17-15-23-41(43)42-24-16-18-26-44(42)49)36-29-33-40(34-30-36)55-48(8-4,57-46(51)6-2)53-38-21-13-10-14-22-38/h5-6,9-34H,1-2,7-8H2,3-4H3. The number of ether oxygens (including phenoxy) is 6. The maximum absolute atomic E-state index is 12.5. The Morgan fingerprint density at radius 2 is 0.789 bits per heavy atom. The molecule has 2 unspecified atom stereocenters. The number of hydrogen-bond donors (Lipinski definition) is 0. The van der Waals surface area contributed by atoms with Crippen LogP contribution in [0.5, 0.6) is 23.0 Å². The lowest BCUT2D eigenvalue weighted by Crippen LogP contribution is -2.46. The molecular formula is C49H42O8. The lowest BCUT2D eigenvalue weighted by Gasteiger charge is -2.35. The van der Waals surface area contributed by atoms with Crippen LogP contribution in [0.3, 0.4) is 0 Å². The summed E-state index contributed by atoms with van der Waals surface area (Å²) in [5.41, 5.74) is 5.58. The Hall–Kier alpha value is -7.06. The highest BCUT2D eigenvalue weighted by molar-refractivity contribution is 5.86. The minimum absolute atomic E-state index is 0.185. The van der Waals surface area contributed by atoms with E-state index in [1.165, 1.54) is 0 Å². The second kappa shape index (κ2) is 16.4. The summed E-state index contributed by atoms with van der Waals surface area (Å²) in [6, 6.07) is 50.3. The zero-order valence-electron chi connectivity index (χ0n) is 31.8. The third-order valence-electron chi connectivity index (χ3n) is 9.82. The molecule has 0 fully saturated rings. The quantitative estimate of drug-likeness (QED) is 0.0547. The van der Waals surface area contributed by atoms with Crippen molar-refractivity contribution in [1.29, 1.82) is 0 Å². The van der Waals surface area contributed by atoms with Crippen LogP contribution in [0, 0.1) is 0 Å². The van der Waals surface area contributed by atoms with E-state index in [2.05, 4.69) is 37.4 Å².